The molecule has 0 aliphatic carbocycles. The van der Waals surface area contributed by atoms with Gasteiger partial charge >= 0.3 is 6.18 Å². The summed E-state index contributed by atoms with van der Waals surface area (Å²) < 4.78 is 37.2. The molecule has 1 aromatic carbocycles. The summed E-state index contributed by atoms with van der Waals surface area (Å²) in [6, 6.07) is 3.08. The lowest BCUT2D eigenvalue weighted by Crippen LogP contribution is -2.35. The Bertz CT molecular complexity index is 402. The minimum atomic E-state index is -4.40. The summed E-state index contributed by atoms with van der Waals surface area (Å²) in [5, 5.41) is 11.9. The molecule has 6 heteroatoms. The number of aliphatic hydroxyl groups is 1. The van der Waals surface area contributed by atoms with Crippen molar-refractivity contribution in [3.8, 4) is 0 Å². The van der Waals surface area contributed by atoms with Crippen molar-refractivity contribution in [1.82, 2.24) is 0 Å². The maximum atomic E-state index is 12.4. The summed E-state index contributed by atoms with van der Waals surface area (Å²) in [6.07, 6.45) is -4.40. The molecular weight excluding hydrogens is 233 g/mol. The second-order valence-corrected chi connectivity index (χ2v) is 4.47. The van der Waals surface area contributed by atoms with Crippen molar-refractivity contribution in [2.24, 2.45) is 0 Å². The van der Waals surface area contributed by atoms with Gasteiger partial charge in [0.25, 0.3) is 0 Å². The molecule has 1 aromatic rings. The van der Waals surface area contributed by atoms with Gasteiger partial charge in [0, 0.05) is 0 Å². The SMILES string of the molecule is CC(C)(CO)Nc1ccc(C(F)(F)F)cc1N. The number of aliphatic hydroxyl groups excluding tert-OH is 1. The van der Waals surface area contributed by atoms with Crippen LogP contribution in [0.5, 0.6) is 0 Å². The van der Waals surface area contributed by atoms with E-state index in [2.05, 4.69) is 5.32 Å². The van der Waals surface area contributed by atoms with Crippen LogP contribution < -0.4 is 11.1 Å². The van der Waals surface area contributed by atoms with E-state index in [0.29, 0.717) is 5.69 Å². The molecule has 0 aliphatic rings. The van der Waals surface area contributed by atoms with Crippen molar-refractivity contribution in [3.05, 3.63) is 23.8 Å². The van der Waals surface area contributed by atoms with Crippen LogP contribution in [0.4, 0.5) is 24.5 Å². The van der Waals surface area contributed by atoms with Crippen LogP contribution in [0, 0.1) is 0 Å². The summed E-state index contributed by atoms with van der Waals surface area (Å²) in [4.78, 5) is 0. The second kappa shape index (κ2) is 4.44. The zero-order chi connectivity index (χ0) is 13.3. The fourth-order valence-electron chi connectivity index (χ4n) is 1.26. The number of alkyl halides is 3. The largest absolute Gasteiger partial charge is 0.416 e. The highest BCUT2D eigenvalue weighted by molar-refractivity contribution is 5.68. The Balaban J connectivity index is 2.99. The van der Waals surface area contributed by atoms with Gasteiger partial charge < -0.3 is 16.2 Å². The standard InChI is InChI=1S/C11H15F3N2O/c1-10(2,6-17)16-9-4-3-7(5-8(9)15)11(12,13)14/h3-5,16-17H,6,15H2,1-2H3. The molecule has 0 atom stereocenters. The summed E-state index contributed by atoms with van der Waals surface area (Å²) in [5.74, 6) is 0. The van der Waals surface area contributed by atoms with Crippen LogP contribution in [0.2, 0.25) is 0 Å². The summed E-state index contributed by atoms with van der Waals surface area (Å²) in [6.45, 7) is 3.27. The molecule has 17 heavy (non-hydrogen) atoms. The summed E-state index contributed by atoms with van der Waals surface area (Å²) >= 11 is 0. The van der Waals surface area contributed by atoms with Gasteiger partial charge in [-0.25, -0.2) is 0 Å². The first-order chi connectivity index (χ1) is 7.65. The molecule has 0 heterocycles. The van der Waals surface area contributed by atoms with Crippen LogP contribution >= 0.6 is 0 Å². The molecule has 3 nitrogen and oxygen atoms in total. The lowest BCUT2D eigenvalue weighted by Gasteiger charge is -2.26. The van der Waals surface area contributed by atoms with E-state index in [-0.39, 0.29) is 12.3 Å². The average molecular weight is 248 g/mol. The fraction of sp³-hybridized carbons (Fsp3) is 0.455. The molecule has 4 N–H and O–H groups in total. The van der Waals surface area contributed by atoms with Crippen molar-refractivity contribution in [1.29, 1.82) is 0 Å². The predicted octanol–water partition coefficient (Wildman–Crippen LogP) is 2.47. The number of hydrogen-bond acceptors (Lipinski definition) is 3. The third kappa shape index (κ3) is 3.52. The van der Waals surface area contributed by atoms with Crippen molar-refractivity contribution in [2.45, 2.75) is 25.6 Å². The van der Waals surface area contributed by atoms with E-state index < -0.39 is 17.3 Å². The smallest absolute Gasteiger partial charge is 0.397 e. The van der Waals surface area contributed by atoms with E-state index in [1.807, 2.05) is 0 Å². The highest BCUT2D eigenvalue weighted by atomic mass is 19.4. The molecule has 0 aliphatic heterocycles. The highest BCUT2D eigenvalue weighted by Gasteiger charge is 2.31. The molecule has 0 spiro atoms. The van der Waals surface area contributed by atoms with Gasteiger partial charge in [-0.2, -0.15) is 13.2 Å². The number of rotatable bonds is 3. The lowest BCUT2D eigenvalue weighted by molar-refractivity contribution is -0.137. The van der Waals surface area contributed by atoms with Crippen LogP contribution in [0.25, 0.3) is 0 Å². The van der Waals surface area contributed by atoms with Crippen LogP contribution in [0.1, 0.15) is 19.4 Å². The molecule has 0 amide bonds. The van der Waals surface area contributed by atoms with Crippen LogP contribution in [-0.2, 0) is 6.18 Å². The number of hydrogen-bond donors (Lipinski definition) is 3. The molecule has 0 saturated heterocycles. The third-order valence-electron chi connectivity index (χ3n) is 2.25. The van der Waals surface area contributed by atoms with Gasteiger partial charge in [-0.15, -0.1) is 0 Å². The number of nitrogens with one attached hydrogen (secondary N) is 1. The van der Waals surface area contributed by atoms with Gasteiger partial charge in [0.05, 0.1) is 29.1 Å². The van der Waals surface area contributed by atoms with Gasteiger partial charge in [0.2, 0.25) is 0 Å². The number of nitrogens with two attached hydrogens (primary N) is 1. The van der Waals surface area contributed by atoms with Crippen LogP contribution in [-0.4, -0.2) is 17.3 Å². The van der Waals surface area contributed by atoms with Crippen molar-refractivity contribution >= 4 is 11.4 Å². The molecule has 96 valence electrons. The van der Waals surface area contributed by atoms with E-state index in [1.165, 1.54) is 6.07 Å². The van der Waals surface area contributed by atoms with Gasteiger partial charge in [-0.3, -0.25) is 0 Å². The van der Waals surface area contributed by atoms with E-state index in [4.69, 9.17) is 10.8 Å². The number of nitrogen functional groups attached to an aromatic ring is 1. The number of anilines is 2. The first-order valence-electron chi connectivity index (χ1n) is 5.01. The van der Waals surface area contributed by atoms with E-state index >= 15 is 0 Å². The molecule has 0 unspecified atom stereocenters. The van der Waals surface area contributed by atoms with Gasteiger partial charge in [0.1, 0.15) is 0 Å². The van der Waals surface area contributed by atoms with Gasteiger partial charge in [-0.05, 0) is 32.0 Å². The molecule has 0 aromatic heterocycles. The Morgan fingerprint density at radius 2 is 1.88 bits per heavy atom. The molecule has 0 radical (unpaired) electrons. The first-order valence-corrected chi connectivity index (χ1v) is 5.01. The second-order valence-electron chi connectivity index (χ2n) is 4.47. The maximum absolute atomic E-state index is 12.4. The molecule has 0 saturated carbocycles. The Labute approximate surface area is 97.4 Å². The molecular formula is C11H15F3N2O. The monoisotopic (exact) mass is 248 g/mol. The van der Waals surface area contributed by atoms with Crippen molar-refractivity contribution in [2.75, 3.05) is 17.7 Å². The molecule has 0 fully saturated rings. The normalized spacial score (nSPS) is 12.6. The highest BCUT2D eigenvalue weighted by Crippen LogP contribution is 2.33. The van der Waals surface area contributed by atoms with Crippen LogP contribution in [0.15, 0.2) is 18.2 Å². The number of benzene rings is 1. The molecule has 1 rings (SSSR count). The Hall–Kier alpha value is -1.43. The first kappa shape index (κ1) is 13.6. The predicted molar refractivity (Wildman–Crippen MR) is 60.6 cm³/mol. The van der Waals surface area contributed by atoms with Crippen molar-refractivity contribution in [3.63, 3.8) is 0 Å². The minimum Gasteiger partial charge on any atom is -0.397 e. The Morgan fingerprint density at radius 3 is 2.29 bits per heavy atom. The van der Waals surface area contributed by atoms with E-state index in [1.54, 1.807) is 13.8 Å². The molecule has 0 bridgehead atoms. The van der Waals surface area contributed by atoms with Crippen LogP contribution in [0.3, 0.4) is 0 Å². The quantitative estimate of drug-likeness (QED) is 0.720. The van der Waals surface area contributed by atoms with Gasteiger partial charge in [-0.1, -0.05) is 0 Å². The Morgan fingerprint density at radius 1 is 1.29 bits per heavy atom. The Kier molecular flexibility index (Phi) is 3.56. The van der Waals surface area contributed by atoms with Gasteiger partial charge in [0.15, 0.2) is 0 Å². The van der Waals surface area contributed by atoms with Crippen molar-refractivity contribution < 1.29 is 18.3 Å². The van der Waals surface area contributed by atoms with E-state index in [9.17, 15) is 13.2 Å². The lowest BCUT2D eigenvalue weighted by atomic mass is 10.1. The maximum Gasteiger partial charge on any atom is 0.416 e. The average Bonchev–Trinajstić information content (AvgIpc) is 2.19. The minimum absolute atomic E-state index is 0.00125. The third-order valence-corrected chi connectivity index (χ3v) is 2.25. The summed E-state index contributed by atoms with van der Waals surface area (Å²) in [5.41, 5.74) is 4.47. The number of halogens is 3. The summed E-state index contributed by atoms with van der Waals surface area (Å²) in [7, 11) is 0. The topological polar surface area (TPSA) is 58.3 Å². The zero-order valence-electron chi connectivity index (χ0n) is 9.60. The zero-order valence-corrected chi connectivity index (χ0v) is 9.60. The van der Waals surface area contributed by atoms with E-state index in [0.717, 1.165) is 12.1 Å². The fourth-order valence-corrected chi connectivity index (χ4v) is 1.26.